The summed E-state index contributed by atoms with van der Waals surface area (Å²) in [4.78, 5) is 0. The first-order valence-corrected chi connectivity index (χ1v) is 6.05. The molecule has 0 amide bonds. The van der Waals surface area contributed by atoms with E-state index >= 15 is 0 Å². The van der Waals surface area contributed by atoms with Gasteiger partial charge in [0.2, 0.25) is 0 Å². The molecule has 0 saturated heterocycles. The number of hydrogen-bond donors (Lipinski definition) is 2. The Morgan fingerprint density at radius 3 is 2.63 bits per heavy atom. The van der Waals surface area contributed by atoms with E-state index in [0.717, 1.165) is 6.92 Å². The Morgan fingerprint density at radius 1 is 1.47 bits per heavy atom. The standard InChI is InChI=1S/C16H27NO2/c1-5-6-12(2)11-19-14-9-7-13(8-10-14)15(17)16(3,4)18/h7-10,12,15,18H,5-6,11,17H2,1-4H3/t12-,15+/m0/s1/i1D3,5D2,6D2,12D. The fraction of sp³-hybridized carbons (Fsp3) is 0.625. The molecule has 0 heterocycles. The Kier molecular flexibility index (Phi) is 2.79. The number of ether oxygens (including phenoxy) is 1. The van der Waals surface area contributed by atoms with E-state index < -0.39 is 43.7 Å². The maximum absolute atomic E-state index is 9.95. The van der Waals surface area contributed by atoms with Crippen molar-refractivity contribution in [2.75, 3.05) is 6.61 Å². The van der Waals surface area contributed by atoms with Crippen LogP contribution in [0.5, 0.6) is 5.75 Å². The monoisotopic (exact) mass is 273 g/mol. The zero-order valence-corrected chi connectivity index (χ0v) is 11.5. The van der Waals surface area contributed by atoms with Crippen molar-refractivity contribution in [1.29, 1.82) is 0 Å². The predicted octanol–water partition coefficient (Wildman–Crippen LogP) is 3.27. The molecule has 1 rings (SSSR count). The van der Waals surface area contributed by atoms with Gasteiger partial charge in [-0.25, -0.2) is 0 Å². The third-order valence-corrected chi connectivity index (χ3v) is 2.73. The highest BCUT2D eigenvalue weighted by Crippen LogP contribution is 2.24. The molecule has 0 aromatic heterocycles. The summed E-state index contributed by atoms with van der Waals surface area (Å²) in [7, 11) is 0. The van der Waals surface area contributed by atoms with E-state index in [4.69, 9.17) is 21.4 Å². The first-order chi connectivity index (χ1) is 11.8. The van der Waals surface area contributed by atoms with Gasteiger partial charge in [-0.15, -0.1) is 0 Å². The average Bonchev–Trinajstić information content (AvgIpc) is 2.50. The molecule has 19 heavy (non-hydrogen) atoms. The molecule has 0 unspecified atom stereocenters. The van der Waals surface area contributed by atoms with Crippen LogP contribution in [0.15, 0.2) is 24.3 Å². The first kappa shape index (κ1) is 7.65. The number of benzene rings is 1. The lowest BCUT2D eigenvalue weighted by Crippen LogP contribution is -2.34. The van der Waals surface area contributed by atoms with E-state index in [0.29, 0.717) is 5.56 Å². The summed E-state index contributed by atoms with van der Waals surface area (Å²) in [6.45, 7) is 0.457. The third kappa shape index (κ3) is 5.21. The molecular formula is C16H27NO2. The van der Waals surface area contributed by atoms with Gasteiger partial charge in [0.15, 0.2) is 0 Å². The Balaban J connectivity index is 2.93. The summed E-state index contributed by atoms with van der Waals surface area (Å²) in [5, 5.41) is 9.95. The number of aliphatic hydroxyl groups is 1. The Hall–Kier alpha value is -1.06. The zero-order chi connectivity index (χ0) is 21.5. The van der Waals surface area contributed by atoms with Gasteiger partial charge in [0.05, 0.1) is 18.2 Å². The van der Waals surface area contributed by atoms with Gasteiger partial charge in [-0.05, 0) is 43.8 Å². The Morgan fingerprint density at radius 2 is 2.11 bits per heavy atom. The zero-order valence-electron chi connectivity index (χ0n) is 19.5. The van der Waals surface area contributed by atoms with E-state index in [-0.39, 0.29) is 5.75 Å². The van der Waals surface area contributed by atoms with Crippen molar-refractivity contribution in [2.45, 2.75) is 52.0 Å². The van der Waals surface area contributed by atoms with Crippen LogP contribution in [0.1, 0.15) is 62.9 Å². The summed E-state index contributed by atoms with van der Waals surface area (Å²) >= 11 is 0. The second-order valence-electron chi connectivity index (χ2n) is 5.02. The molecule has 0 bridgehead atoms. The fourth-order valence-corrected chi connectivity index (χ4v) is 1.51. The molecule has 0 aliphatic carbocycles. The van der Waals surface area contributed by atoms with Gasteiger partial charge in [-0.1, -0.05) is 32.3 Å². The molecule has 0 spiro atoms. The summed E-state index contributed by atoms with van der Waals surface area (Å²) in [6, 6.07) is 5.68. The largest absolute Gasteiger partial charge is 0.493 e. The highest BCUT2D eigenvalue weighted by atomic mass is 16.5. The number of rotatable bonds is 7. The van der Waals surface area contributed by atoms with Gasteiger partial charge in [0.1, 0.15) is 5.75 Å². The first-order valence-electron chi connectivity index (χ1n) is 10.1. The lowest BCUT2D eigenvalue weighted by Gasteiger charge is -2.26. The highest BCUT2D eigenvalue weighted by Gasteiger charge is 2.24. The molecule has 1 aromatic rings. The van der Waals surface area contributed by atoms with Crippen molar-refractivity contribution in [3.05, 3.63) is 29.8 Å². The van der Waals surface area contributed by atoms with Crippen molar-refractivity contribution >= 4 is 0 Å². The second kappa shape index (κ2) is 6.92. The molecule has 3 N–H and O–H groups in total. The predicted molar refractivity (Wildman–Crippen MR) is 79.2 cm³/mol. The minimum absolute atomic E-state index is 0.283. The van der Waals surface area contributed by atoms with Gasteiger partial charge >= 0.3 is 0 Å². The normalized spacial score (nSPS) is 25.1. The maximum Gasteiger partial charge on any atom is 0.119 e. The van der Waals surface area contributed by atoms with Crippen molar-refractivity contribution in [2.24, 2.45) is 11.6 Å². The minimum Gasteiger partial charge on any atom is -0.493 e. The van der Waals surface area contributed by atoms with Crippen LogP contribution < -0.4 is 10.5 Å². The lowest BCUT2D eigenvalue weighted by atomic mass is 9.93. The minimum atomic E-state index is -3.23. The molecule has 0 radical (unpaired) electrons. The van der Waals surface area contributed by atoms with Crippen LogP contribution in [0.25, 0.3) is 0 Å². The average molecular weight is 273 g/mol. The molecular weight excluding hydrogens is 238 g/mol. The van der Waals surface area contributed by atoms with Crippen molar-refractivity contribution in [3.8, 4) is 5.75 Å². The van der Waals surface area contributed by atoms with Crippen LogP contribution >= 0.6 is 0 Å². The van der Waals surface area contributed by atoms with Crippen molar-refractivity contribution < 1.29 is 20.8 Å². The molecule has 1 aromatic carbocycles. The Labute approximate surface area is 128 Å². The molecule has 3 nitrogen and oxygen atoms in total. The van der Waals surface area contributed by atoms with Gasteiger partial charge in [0, 0.05) is 11.0 Å². The lowest BCUT2D eigenvalue weighted by molar-refractivity contribution is 0.0517. The fourth-order valence-electron chi connectivity index (χ4n) is 1.51. The second-order valence-corrected chi connectivity index (χ2v) is 5.02. The summed E-state index contributed by atoms with van der Waals surface area (Å²) in [6.07, 6.45) is -6.24. The SMILES string of the molecule is [2H]C([2H])([2H])C([2H])([2H])C([2H])([2H])[C@]([2H])(C)COc1ccc([C@@H](N)C(C)(C)O)cc1. The Bertz CT molecular complexity index is 635. The molecule has 0 fully saturated rings. The molecule has 108 valence electrons. The van der Waals surface area contributed by atoms with Gasteiger partial charge < -0.3 is 15.6 Å². The van der Waals surface area contributed by atoms with E-state index in [1.807, 2.05) is 0 Å². The van der Waals surface area contributed by atoms with E-state index in [2.05, 4.69) is 0 Å². The van der Waals surface area contributed by atoms with E-state index in [1.54, 1.807) is 26.0 Å². The topological polar surface area (TPSA) is 55.5 Å². The molecule has 0 aliphatic heterocycles. The quantitative estimate of drug-likeness (QED) is 0.801. The number of hydrogen-bond acceptors (Lipinski definition) is 3. The van der Waals surface area contributed by atoms with Crippen LogP contribution in [0.4, 0.5) is 0 Å². The molecule has 2 atom stereocenters. The summed E-state index contributed by atoms with van der Waals surface area (Å²) in [5.74, 6) is -1.89. The molecule has 3 heteroatoms. The van der Waals surface area contributed by atoms with Crippen LogP contribution in [-0.2, 0) is 0 Å². The summed E-state index contributed by atoms with van der Waals surface area (Å²) < 4.78 is 66.5. The van der Waals surface area contributed by atoms with Gasteiger partial charge in [0.25, 0.3) is 0 Å². The van der Waals surface area contributed by atoms with Gasteiger partial charge in [-0.2, -0.15) is 0 Å². The van der Waals surface area contributed by atoms with Crippen molar-refractivity contribution in [3.63, 3.8) is 0 Å². The van der Waals surface area contributed by atoms with Crippen LogP contribution in [-0.4, -0.2) is 17.3 Å². The maximum atomic E-state index is 9.95. The van der Waals surface area contributed by atoms with Crippen molar-refractivity contribution in [1.82, 2.24) is 0 Å². The molecule has 0 aliphatic rings. The highest BCUT2D eigenvalue weighted by molar-refractivity contribution is 5.30. The summed E-state index contributed by atoms with van der Waals surface area (Å²) in [5.41, 5.74) is 5.47. The third-order valence-electron chi connectivity index (χ3n) is 2.73. The van der Waals surface area contributed by atoms with E-state index in [9.17, 15) is 5.11 Å². The number of nitrogens with two attached hydrogens (primary N) is 1. The van der Waals surface area contributed by atoms with Crippen LogP contribution in [0, 0.1) is 5.89 Å². The van der Waals surface area contributed by atoms with E-state index in [1.165, 1.54) is 12.1 Å². The van der Waals surface area contributed by atoms with Crippen LogP contribution in [0.2, 0.25) is 0 Å². The van der Waals surface area contributed by atoms with Gasteiger partial charge in [-0.3, -0.25) is 0 Å². The smallest absolute Gasteiger partial charge is 0.119 e. The van der Waals surface area contributed by atoms with Crippen LogP contribution in [0.3, 0.4) is 0 Å². The molecule has 0 saturated carbocycles.